The van der Waals surface area contributed by atoms with Gasteiger partial charge in [0.1, 0.15) is 0 Å². The first-order chi connectivity index (χ1) is 15.2. The minimum absolute atomic E-state index is 0.179. The van der Waals surface area contributed by atoms with Crippen LogP contribution in [0, 0.1) is 6.92 Å². The molecule has 3 aromatic carbocycles. The zero-order chi connectivity index (χ0) is 22.9. The van der Waals surface area contributed by atoms with Crippen LogP contribution in [0.2, 0.25) is 0 Å². The van der Waals surface area contributed by atoms with E-state index in [2.05, 4.69) is 0 Å². The van der Waals surface area contributed by atoms with Gasteiger partial charge in [0.25, 0.3) is 5.91 Å². The quantitative estimate of drug-likeness (QED) is 0.394. The van der Waals surface area contributed by atoms with Crippen LogP contribution < -0.4 is 5.73 Å². The van der Waals surface area contributed by atoms with Crippen molar-refractivity contribution < 1.29 is 18.0 Å². The molecule has 3 nitrogen and oxygen atoms in total. The molecular formula is C26H21F3N2O. The Morgan fingerprint density at radius 3 is 2.09 bits per heavy atom. The number of hydrogen-bond donors (Lipinski definition) is 1. The highest BCUT2D eigenvalue weighted by atomic mass is 19.4. The highest BCUT2D eigenvalue weighted by Gasteiger charge is 2.30. The molecule has 0 spiro atoms. The Labute approximate surface area is 183 Å². The van der Waals surface area contributed by atoms with Crippen LogP contribution >= 0.6 is 0 Å². The minimum atomic E-state index is -4.42. The molecule has 32 heavy (non-hydrogen) atoms. The van der Waals surface area contributed by atoms with Crippen molar-refractivity contribution in [3.8, 4) is 22.4 Å². The number of aromatic nitrogens is 1. The van der Waals surface area contributed by atoms with Crippen molar-refractivity contribution >= 4 is 5.91 Å². The standard InChI is InChI=1S/C26H21F3N2O/c1-17-23(25(30)32)15-24(21-12-10-20(11-13-21)19-7-3-2-4-8-19)31(17)16-18-6-5-9-22(14-18)26(27,28)29/h2-15H,16H2,1H3,(H2,30,32). The molecule has 0 bridgehead atoms. The number of hydrogen-bond acceptors (Lipinski definition) is 1. The maximum atomic E-state index is 13.1. The number of halogens is 3. The number of rotatable bonds is 5. The van der Waals surface area contributed by atoms with Crippen LogP contribution in [0.15, 0.2) is 84.9 Å². The molecule has 0 unspecified atom stereocenters. The Kier molecular flexibility index (Phi) is 5.61. The average Bonchev–Trinajstić information content (AvgIpc) is 3.10. The maximum Gasteiger partial charge on any atom is 0.416 e. The zero-order valence-corrected chi connectivity index (χ0v) is 17.4. The first kappa shape index (κ1) is 21.4. The predicted molar refractivity (Wildman–Crippen MR) is 119 cm³/mol. The Morgan fingerprint density at radius 2 is 1.47 bits per heavy atom. The van der Waals surface area contributed by atoms with Crippen LogP contribution in [0.25, 0.3) is 22.4 Å². The molecular weight excluding hydrogens is 413 g/mol. The van der Waals surface area contributed by atoms with Crippen molar-refractivity contribution in [3.63, 3.8) is 0 Å². The number of primary amides is 1. The maximum absolute atomic E-state index is 13.1. The van der Waals surface area contributed by atoms with Gasteiger partial charge in [0, 0.05) is 17.9 Å². The summed E-state index contributed by atoms with van der Waals surface area (Å²) in [5.41, 5.74) is 9.95. The van der Waals surface area contributed by atoms with E-state index in [0.717, 1.165) is 28.8 Å². The molecule has 1 heterocycles. The summed E-state index contributed by atoms with van der Waals surface area (Å²) < 4.78 is 41.3. The lowest BCUT2D eigenvalue weighted by Crippen LogP contribution is -2.13. The zero-order valence-electron chi connectivity index (χ0n) is 17.4. The molecule has 0 atom stereocenters. The molecule has 0 aliphatic carbocycles. The van der Waals surface area contributed by atoms with Gasteiger partial charge in [0.15, 0.2) is 0 Å². The molecule has 0 fully saturated rings. The summed E-state index contributed by atoms with van der Waals surface area (Å²) in [5, 5.41) is 0. The average molecular weight is 434 g/mol. The summed E-state index contributed by atoms with van der Waals surface area (Å²) in [6, 6.07) is 24.6. The Hall–Kier alpha value is -3.80. The van der Waals surface area contributed by atoms with E-state index in [4.69, 9.17) is 5.73 Å². The first-order valence-corrected chi connectivity index (χ1v) is 10.1. The van der Waals surface area contributed by atoms with Crippen LogP contribution in [-0.4, -0.2) is 10.5 Å². The third-order valence-electron chi connectivity index (χ3n) is 5.51. The van der Waals surface area contributed by atoms with Crippen LogP contribution in [0.3, 0.4) is 0 Å². The van der Waals surface area contributed by atoms with Gasteiger partial charge in [-0.15, -0.1) is 0 Å². The lowest BCUT2D eigenvalue weighted by atomic mass is 10.0. The summed E-state index contributed by atoms with van der Waals surface area (Å²) >= 11 is 0. The van der Waals surface area contributed by atoms with Crippen LogP contribution in [0.5, 0.6) is 0 Å². The number of carbonyl (C=O) groups is 1. The van der Waals surface area contributed by atoms with Gasteiger partial charge >= 0.3 is 6.18 Å². The Bertz CT molecular complexity index is 1260. The number of nitrogens with two attached hydrogens (primary N) is 1. The lowest BCUT2D eigenvalue weighted by Gasteiger charge is -2.14. The van der Waals surface area contributed by atoms with Crippen molar-refractivity contribution in [1.29, 1.82) is 0 Å². The normalized spacial score (nSPS) is 11.5. The molecule has 0 saturated heterocycles. The fraction of sp³-hybridized carbons (Fsp3) is 0.115. The van der Waals surface area contributed by atoms with E-state index in [0.29, 0.717) is 22.5 Å². The second-order valence-electron chi connectivity index (χ2n) is 7.62. The summed E-state index contributed by atoms with van der Waals surface area (Å²) in [5.74, 6) is -0.576. The van der Waals surface area contributed by atoms with Crippen molar-refractivity contribution in [2.75, 3.05) is 0 Å². The molecule has 4 aromatic rings. The molecule has 0 radical (unpaired) electrons. The van der Waals surface area contributed by atoms with Gasteiger partial charge in [-0.2, -0.15) is 13.2 Å². The smallest absolute Gasteiger partial charge is 0.366 e. The van der Waals surface area contributed by atoms with Crippen molar-refractivity contribution in [2.24, 2.45) is 5.73 Å². The first-order valence-electron chi connectivity index (χ1n) is 10.1. The van der Waals surface area contributed by atoms with Crippen molar-refractivity contribution in [3.05, 3.63) is 107 Å². The number of amides is 1. The molecule has 0 saturated carbocycles. The number of nitrogens with zero attached hydrogens (tertiary/aromatic N) is 1. The fourth-order valence-electron chi connectivity index (χ4n) is 3.83. The lowest BCUT2D eigenvalue weighted by molar-refractivity contribution is -0.137. The second-order valence-corrected chi connectivity index (χ2v) is 7.62. The van der Waals surface area contributed by atoms with Gasteiger partial charge in [0.05, 0.1) is 11.1 Å². The number of alkyl halides is 3. The van der Waals surface area contributed by atoms with E-state index in [1.165, 1.54) is 6.07 Å². The van der Waals surface area contributed by atoms with Gasteiger partial charge in [-0.3, -0.25) is 4.79 Å². The van der Waals surface area contributed by atoms with Gasteiger partial charge in [-0.1, -0.05) is 66.7 Å². The summed E-state index contributed by atoms with van der Waals surface area (Å²) in [7, 11) is 0. The Morgan fingerprint density at radius 1 is 0.844 bits per heavy atom. The molecule has 6 heteroatoms. The number of carbonyl (C=O) groups excluding carboxylic acids is 1. The minimum Gasteiger partial charge on any atom is -0.366 e. The van der Waals surface area contributed by atoms with E-state index >= 15 is 0 Å². The molecule has 1 amide bonds. The fourth-order valence-corrected chi connectivity index (χ4v) is 3.83. The number of benzene rings is 3. The summed E-state index contributed by atoms with van der Waals surface area (Å²) in [6.07, 6.45) is -4.42. The second kappa shape index (κ2) is 8.38. The third kappa shape index (κ3) is 4.30. The van der Waals surface area contributed by atoms with Crippen molar-refractivity contribution in [1.82, 2.24) is 4.57 Å². The van der Waals surface area contributed by atoms with E-state index in [1.807, 2.05) is 59.2 Å². The van der Waals surface area contributed by atoms with Crippen LogP contribution in [0.4, 0.5) is 13.2 Å². The van der Waals surface area contributed by atoms with Crippen LogP contribution in [-0.2, 0) is 12.7 Å². The van der Waals surface area contributed by atoms with Gasteiger partial charge in [-0.05, 0) is 47.4 Å². The Balaban J connectivity index is 1.75. The SMILES string of the molecule is Cc1c(C(N)=O)cc(-c2ccc(-c3ccccc3)cc2)n1Cc1cccc(C(F)(F)F)c1. The highest BCUT2D eigenvalue weighted by Crippen LogP contribution is 2.32. The van der Waals surface area contributed by atoms with E-state index < -0.39 is 17.6 Å². The molecule has 4 rings (SSSR count). The van der Waals surface area contributed by atoms with Gasteiger partial charge in [0.2, 0.25) is 0 Å². The molecule has 0 aliphatic rings. The molecule has 162 valence electrons. The van der Waals surface area contributed by atoms with E-state index in [1.54, 1.807) is 19.1 Å². The monoisotopic (exact) mass is 434 g/mol. The third-order valence-corrected chi connectivity index (χ3v) is 5.51. The van der Waals surface area contributed by atoms with Gasteiger partial charge in [-0.25, -0.2) is 0 Å². The largest absolute Gasteiger partial charge is 0.416 e. The molecule has 1 aromatic heterocycles. The highest BCUT2D eigenvalue weighted by molar-refractivity contribution is 5.95. The van der Waals surface area contributed by atoms with Gasteiger partial charge < -0.3 is 10.3 Å². The van der Waals surface area contributed by atoms with Crippen molar-refractivity contribution in [2.45, 2.75) is 19.6 Å². The topological polar surface area (TPSA) is 48.0 Å². The molecule has 2 N–H and O–H groups in total. The molecule has 0 aliphatic heterocycles. The summed E-state index contributed by atoms with van der Waals surface area (Å²) in [6.45, 7) is 1.92. The summed E-state index contributed by atoms with van der Waals surface area (Å²) in [4.78, 5) is 12.0. The predicted octanol–water partition coefficient (Wildman–Crippen LogP) is 6.30. The van der Waals surface area contributed by atoms with Crippen LogP contribution in [0.1, 0.15) is 27.2 Å². The van der Waals surface area contributed by atoms with E-state index in [-0.39, 0.29) is 6.54 Å². The van der Waals surface area contributed by atoms with E-state index in [9.17, 15) is 18.0 Å².